The first-order valence-corrected chi connectivity index (χ1v) is 7.81. The third-order valence-corrected chi connectivity index (χ3v) is 4.63. The van der Waals surface area contributed by atoms with Gasteiger partial charge in [-0.1, -0.05) is 12.1 Å². The number of sulfonamides is 1. The summed E-state index contributed by atoms with van der Waals surface area (Å²) in [6.45, 7) is 0.229. The fourth-order valence-electron chi connectivity index (χ4n) is 1.46. The summed E-state index contributed by atoms with van der Waals surface area (Å²) in [4.78, 5) is 4.93. The molecule has 2 rings (SSSR count). The molecule has 1 heterocycles. The normalized spacial score (nSPS) is 11.1. The van der Waals surface area contributed by atoms with Crippen LogP contribution in [0.5, 0.6) is 0 Å². The number of hydrogen-bond acceptors (Lipinski definition) is 5. The van der Waals surface area contributed by atoms with Crippen molar-refractivity contribution >= 4 is 21.4 Å². The second-order valence-electron chi connectivity index (χ2n) is 3.77. The maximum atomic E-state index is 12.0. The van der Waals surface area contributed by atoms with Gasteiger partial charge in [-0.25, -0.2) is 13.1 Å². The van der Waals surface area contributed by atoms with Crippen molar-refractivity contribution in [3.8, 4) is 6.07 Å². The summed E-state index contributed by atoms with van der Waals surface area (Å²) in [5.74, 6) is 0. The summed E-state index contributed by atoms with van der Waals surface area (Å²) in [6.07, 6.45) is 1.90. The van der Waals surface area contributed by atoms with Gasteiger partial charge in [0.2, 0.25) is 10.0 Å². The smallest absolute Gasteiger partial charge is 0.240 e. The molecular weight excluding hydrogens is 282 g/mol. The maximum Gasteiger partial charge on any atom is 0.240 e. The van der Waals surface area contributed by atoms with Crippen LogP contribution in [-0.4, -0.2) is 13.4 Å². The molecule has 5 nitrogen and oxygen atoms in total. The number of rotatable bonds is 5. The molecule has 0 amide bonds. The van der Waals surface area contributed by atoms with E-state index in [-0.39, 0.29) is 17.9 Å². The molecule has 0 unspecified atom stereocenters. The molecule has 0 fully saturated rings. The van der Waals surface area contributed by atoms with Gasteiger partial charge in [0.15, 0.2) is 0 Å². The first-order valence-electron chi connectivity index (χ1n) is 5.45. The zero-order valence-electron chi connectivity index (χ0n) is 9.91. The number of nitrogens with one attached hydrogen (secondary N) is 1. The van der Waals surface area contributed by atoms with E-state index in [1.807, 2.05) is 6.07 Å². The topological polar surface area (TPSA) is 82.8 Å². The van der Waals surface area contributed by atoms with Gasteiger partial charge >= 0.3 is 0 Å². The second kappa shape index (κ2) is 5.93. The van der Waals surface area contributed by atoms with Gasteiger partial charge < -0.3 is 0 Å². The monoisotopic (exact) mass is 293 g/mol. The van der Waals surface area contributed by atoms with Crippen LogP contribution >= 0.6 is 11.3 Å². The molecule has 0 spiro atoms. The van der Waals surface area contributed by atoms with Gasteiger partial charge in [-0.15, -0.1) is 11.3 Å². The lowest BCUT2D eigenvalue weighted by molar-refractivity contribution is 0.582. The fourth-order valence-corrected chi connectivity index (χ4v) is 3.09. The molecule has 1 aromatic carbocycles. The van der Waals surface area contributed by atoms with Crippen LogP contribution in [0, 0.1) is 11.3 Å². The van der Waals surface area contributed by atoms with Crippen molar-refractivity contribution in [1.82, 2.24) is 9.71 Å². The van der Waals surface area contributed by atoms with E-state index in [4.69, 9.17) is 5.26 Å². The molecule has 1 N–H and O–H groups in total. The van der Waals surface area contributed by atoms with E-state index < -0.39 is 10.0 Å². The Kier molecular flexibility index (Phi) is 4.27. The maximum absolute atomic E-state index is 12.0. The van der Waals surface area contributed by atoms with Crippen LogP contribution in [0.2, 0.25) is 0 Å². The minimum absolute atomic E-state index is 0.193. The predicted molar refractivity (Wildman–Crippen MR) is 71.9 cm³/mol. The molecule has 0 radical (unpaired) electrons. The number of nitriles is 1. The van der Waals surface area contributed by atoms with Crippen LogP contribution in [0.4, 0.5) is 0 Å². The van der Waals surface area contributed by atoms with Crippen molar-refractivity contribution < 1.29 is 8.42 Å². The molecule has 2 aromatic rings. The van der Waals surface area contributed by atoms with E-state index in [9.17, 15) is 8.42 Å². The van der Waals surface area contributed by atoms with E-state index in [0.717, 1.165) is 10.4 Å². The molecule has 98 valence electrons. The van der Waals surface area contributed by atoms with E-state index >= 15 is 0 Å². The summed E-state index contributed by atoms with van der Waals surface area (Å²) in [6, 6.07) is 8.31. The first kappa shape index (κ1) is 13.7. The average molecular weight is 293 g/mol. The Morgan fingerprint density at radius 3 is 2.63 bits per heavy atom. The number of benzene rings is 1. The molecule has 19 heavy (non-hydrogen) atoms. The minimum Gasteiger partial charge on any atom is -0.253 e. The Morgan fingerprint density at radius 2 is 2.05 bits per heavy atom. The third-order valence-electron chi connectivity index (χ3n) is 2.44. The Bertz CT molecular complexity index is 671. The Hall–Kier alpha value is -1.75. The third kappa shape index (κ3) is 3.61. The average Bonchev–Trinajstić information content (AvgIpc) is 2.91. The van der Waals surface area contributed by atoms with Crippen LogP contribution in [-0.2, 0) is 23.0 Å². The van der Waals surface area contributed by atoms with E-state index in [1.165, 1.54) is 23.5 Å². The largest absolute Gasteiger partial charge is 0.253 e. The highest BCUT2D eigenvalue weighted by atomic mass is 32.2. The molecule has 0 atom stereocenters. The van der Waals surface area contributed by atoms with Gasteiger partial charge in [0.05, 0.1) is 22.9 Å². The van der Waals surface area contributed by atoms with E-state index in [0.29, 0.717) is 0 Å². The van der Waals surface area contributed by atoms with E-state index in [2.05, 4.69) is 9.71 Å². The molecule has 0 saturated carbocycles. The van der Waals surface area contributed by atoms with Crippen molar-refractivity contribution in [2.75, 3.05) is 0 Å². The molecule has 0 bridgehead atoms. The summed E-state index contributed by atoms with van der Waals surface area (Å²) >= 11 is 1.39. The number of hydrogen-bond donors (Lipinski definition) is 1. The zero-order valence-corrected chi connectivity index (χ0v) is 11.5. The lowest BCUT2D eigenvalue weighted by Gasteiger charge is -2.05. The van der Waals surface area contributed by atoms with Gasteiger partial charge in [-0.3, -0.25) is 4.98 Å². The van der Waals surface area contributed by atoms with Gasteiger partial charge in [-0.05, 0) is 17.7 Å². The number of aromatic nitrogens is 1. The second-order valence-corrected chi connectivity index (χ2v) is 6.51. The predicted octanol–water partition coefficient (Wildman–Crippen LogP) is 1.69. The van der Waals surface area contributed by atoms with Crippen molar-refractivity contribution in [3.63, 3.8) is 0 Å². The van der Waals surface area contributed by atoms with Gasteiger partial charge in [0.25, 0.3) is 0 Å². The molecule has 1 aromatic heterocycles. The van der Waals surface area contributed by atoms with Gasteiger partial charge in [-0.2, -0.15) is 5.26 Å². The molecular formula is C12H11N3O2S2. The lowest BCUT2D eigenvalue weighted by atomic mass is 10.2. The van der Waals surface area contributed by atoms with Crippen LogP contribution in [0.1, 0.15) is 10.4 Å². The summed E-state index contributed by atoms with van der Waals surface area (Å²) < 4.78 is 26.5. The number of nitrogens with zero attached hydrogens (tertiary/aromatic N) is 2. The van der Waals surface area contributed by atoms with Crippen LogP contribution in [0.15, 0.2) is 40.9 Å². The van der Waals surface area contributed by atoms with Crippen LogP contribution < -0.4 is 4.72 Å². The van der Waals surface area contributed by atoms with E-state index in [1.54, 1.807) is 23.8 Å². The summed E-state index contributed by atoms with van der Waals surface area (Å²) in [7, 11) is -3.52. The van der Waals surface area contributed by atoms with Gasteiger partial charge in [0, 0.05) is 17.6 Å². The van der Waals surface area contributed by atoms with Crippen LogP contribution in [0.3, 0.4) is 0 Å². The molecule has 0 aliphatic rings. The van der Waals surface area contributed by atoms with Crippen molar-refractivity contribution in [2.24, 2.45) is 0 Å². The Morgan fingerprint density at radius 1 is 1.32 bits per heavy atom. The minimum atomic E-state index is -3.52. The standard InChI is InChI=1S/C12H11N3O2S2/c13-6-5-10-1-3-12(4-2-10)19(16,17)15-8-11-7-14-9-18-11/h1-4,7,9,15H,5,8H2. The molecule has 7 heteroatoms. The summed E-state index contributed by atoms with van der Waals surface area (Å²) in [5.41, 5.74) is 2.45. The highest BCUT2D eigenvalue weighted by Gasteiger charge is 2.13. The zero-order chi connectivity index (χ0) is 13.7. The summed E-state index contributed by atoms with van der Waals surface area (Å²) in [5, 5.41) is 8.55. The fraction of sp³-hybridized carbons (Fsp3) is 0.167. The highest BCUT2D eigenvalue weighted by Crippen LogP contribution is 2.12. The molecule has 0 aliphatic heterocycles. The van der Waals surface area contributed by atoms with Crippen molar-refractivity contribution in [3.05, 3.63) is 46.4 Å². The Balaban J connectivity index is 2.09. The number of thiazole rings is 1. The first-order chi connectivity index (χ1) is 9.12. The highest BCUT2D eigenvalue weighted by molar-refractivity contribution is 7.89. The SMILES string of the molecule is N#CCc1ccc(S(=O)(=O)NCc2cncs2)cc1. The lowest BCUT2D eigenvalue weighted by Crippen LogP contribution is -2.22. The van der Waals surface area contributed by atoms with Crippen molar-refractivity contribution in [1.29, 1.82) is 5.26 Å². The molecule has 0 saturated heterocycles. The molecule has 0 aliphatic carbocycles. The van der Waals surface area contributed by atoms with Crippen molar-refractivity contribution in [2.45, 2.75) is 17.9 Å². The van der Waals surface area contributed by atoms with Gasteiger partial charge in [0.1, 0.15) is 0 Å². The Labute approximate surface area is 115 Å². The quantitative estimate of drug-likeness (QED) is 0.909. The van der Waals surface area contributed by atoms with Crippen LogP contribution in [0.25, 0.3) is 0 Å².